The van der Waals surface area contributed by atoms with Crippen molar-refractivity contribution < 1.29 is 9.59 Å². The number of hydrogen-bond donors (Lipinski definition) is 2. The van der Waals surface area contributed by atoms with E-state index < -0.39 is 6.04 Å². The maximum absolute atomic E-state index is 12.6. The molecular weight excluding hydrogens is 350 g/mol. The van der Waals surface area contributed by atoms with E-state index in [0.29, 0.717) is 11.5 Å². The Labute approximate surface area is 166 Å². The SMILES string of the molecule is CC1CCCC/C1=N/NC(=O)CC(NC(=O)c1ccccc1)c1ccccc1. The highest BCUT2D eigenvalue weighted by atomic mass is 16.2. The fourth-order valence-electron chi connectivity index (χ4n) is 3.47. The first-order valence-corrected chi connectivity index (χ1v) is 9.89. The number of benzene rings is 2. The van der Waals surface area contributed by atoms with Gasteiger partial charge in [-0.15, -0.1) is 0 Å². The first-order valence-electron chi connectivity index (χ1n) is 9.89. The molecule has 0 spiro atoms. The molecule has 0 heterocycles. The van der Waals surface area contributed by atoms with Crippen LogP contribution < -0.4 is 10.7 Å². The van der Waals surface area contributed by atoms with Gasteiger partial charge in [0.2, 0.25) is 5.91 Å². The summed E-state index contributed by atoms with van der Waals surface area (Å²) in [6.45, 7) is 2.15. The molecule has 2 atom stereocenters. The second kappa shape index (κ2) is 9.83. The van der Waals surface area contributed by atoms with E-state index in [9.17, 15) is 9.59 Å². The third-order valence-corrected chi connectivity index (χ3v) is 5.15. The van der Waals surface area contributed by atoms with Gasteiger partial charge in [-0.2, -0.15) is 5.10 Å². The molecule has 0 radical (unpaired) electrons. The number of carbonyl (C=O) groups excluding carboxylic acids is 2. The summed E-state index contributed by atoms with van der Waals surface area (Å²) in [5.74, 6) is 0.0127. The minimum absolute atomic E-state index is 0.133. The maximum Gasteiger partial charge on any atom is 0.251 e. The summed E-state index contributed by atoms with van der Waals surface area (Å²) in [6.07, 6.45) is 4.53. The lowest BCUT2D eigenvalue weighted by Crippen LogP contribution is -2.33. The van der Waals surface area contributed by atoms with Crippen LogP contribution in [0.25, 0.3) is 0 Å². The summed E-state index contributed by atoms with van der Waals surface area (Å²) in [7, 11) is 0. The maximum atomic E-state index is 12.6. The average Bonchev–Trinajstić information content (AvgIpc) is 2.74. The minimum Gasteiger partial charge on any atom is -0.345 e. The fraction of sp³-hybridized carbons (Fsp3) is 0.348. The van der Waals surface area contributed by atoms with Crippen molar-refractivity contribution in [3.8, 4) is 0 Å². The Bertz CT molecular complexity index is 818. The van der Waals surface area contributed by atoms with Crippen LogP contribution in [-0.4, -0.2) is 17.5 Å². The van der Waals surface area contributed by atoms with Crippen molar-refractivity contribution in [2.24, 2.45) is 11.0 Å². The molecule has 2 aromatic carbocycles. The Hall–Kier alpha value is -2.95. The Morgan fingerprint density at radius 1 is 1.04 bits per heavy atom. The highest BCUT2D eigenvalue weighted by molar-refractivity contribution is 5.95. The Kier molecular flexibility index (Phi) is 6.95. The van der Waals surface area contributed by atoms with Crippen molar-refractivity contribution in [2.45, 2.75) is 45.1 Å². The number of nitrogens with zero attached hydrogens (tertiary/aromatic N) is 1. The van der Waals surface area contributed by atoms with Gasteiger partial charge in [-0.25, -0.2) is 5.43 Å². The van der Waals surface area contributed by atoms with E-state index in [1.54, 1.807) is 12.1 Å². The van der Waals surface area contributed by atoms with E-state index in [0.717, 1.165) is 30.5 Å². The lowest BCUT2D eigenvalue weighted by Gasteiger charge is -2.21. The quantitative estimate of drug-likeness (QED) is 0.740. The molecule has 3 rings (SSSR count). The normalized spacial score (nSPS) is 19.0. The Morgan fingerprint density at radius 2 is 1.71 bits per heavy atom. The molecule has 5 nitrogen and oxygen atoms in total. The average molecular weight is 377 g/mol. The van der Waals surface area contributed by atoms with Crippen LogP contribution in [0, 0.1) is 5.92 Å². The summed E-state index contributed by atoms with van der Waals surface area (Å²) >= 11 is 0. The third-order valence-electron chi connectivity index (χ3n) is 5.15. The first kappa shape index (κ1) is 19.8. The van der Waals surface area contributed by atoms with Crippen LogP contribution in [0.2, 0.25) is 0 Å². The van der Waals surface area contributed by atoms with Crippen molar-refractivity contribution in [1.29, 1.82) is 0 Å². The molecule has 0 aliphatic heterocycles. The molecule has 2 unspecified atom stereocenters. The molecule has 2 N–H and O–H groups in total. The van der Waals surface area contributed by atoms with Gasteiger partial charge in [-0.1, -0.05) is 61.9 Å². The molecule has 5 heteroatoms. The monoisotopic (exact) mass is 377 g/mol. The molecule has 1 saturated carbocycles. The summed E-state index contributed by atoms with van der Waals surface area (Å²) < 4.78 is 0. The van der Waals surface area contributed by atoms with Gasteiger partial charge in [0.25, 0.3) is 5.91 Å². The number of amides is 2. The predicted molar refractivity (Wildman–Crippen MR) is 111 cm³/mol. The molecule has 1 fully saturated rings. The van der Waals surface area contributed by atoms with Gasteiger partial charge in [0.15, 0.2) is 0 Å². The summed E-state index contributed by atoms with van der Waals surface area (Å²) in [4.78, 5) is 25.1. The van der Waals surface area contributed by atoms with Crippen molar-refractivity contribution in [1.82, 2.24) is 10.7 Å². The molecule has 0 bridgehead atoms. The van der Waals surface area contributed by atoms with E-state index in [1.807, 2.05) is 48.5 Å². The highest BCUT2D eigenvalue weighted by Crippen LogP contribution is 2.21. The van der Waals surface area contributed by atoms with Crippen LogP contribution >= 0.6 is 0 Å². The molecule has 0 saturated heterocycles. The molecular formula is C23H27N3O2. The number of hydrogen-bond acceptors (Lipinski definition) is 3. The first-order chi connectivity index (χ1) is 13.6. The smallest absolute Gasteiger partial charge is 0.251 e. The zero-order chi connectivity index (χ0) is 19.8. The van der Waals surface area contributed by atoms with Crippen molar-refractivity contribution >= 4 is 17.5 Å². The zero-order valence-corrected chi connectivity index (χ0v) is 16.2. The van der Waals surface area contributed by atoms with Crippen LogP contribution in [0.3, 0.4) is 0 Å². The summed E-state index contributed by atoms with van der Waals surface area (Å²) in [6, 6.07) is 18.1. The van der Waals surface area contributed by atoms with Crippen LogP contribution in [-0.2, 0) is 4.79 Å². The largest absolute Gasteiger partial charge is 0.345 e. The number of carbonyl (C=O) groups is 2. The van der Waals surface area contributed by atoms with Crippen molar-refractivity contribution in [3.63, 3.8) is 0 Å². The van der Waals surface area contributed by atoms with E-state index in [4.69, 9.17) is 0 Å². The van der Waals surface area contributed by atoms with Crippen LogP contribution in [0.15, 0.2) is 65.8 Å². The van der Waals surface area contributed by atoms with E-state index in [-0.39, 0.29) is 18.2 Å². The van der Waals surface area contributed by atoms with Crippen LogP contribution in [0.4, 0.5) is 0 Å². The van der Waals surface area contributed by atoms with Crippen LogP contribution in [0.1, 0.15) is 61.0 Å². The minimum atomic E-state index is -0.419. The van der Waals surface area contributed by atoms with Crippen molar-refractivity contribution in [3.05, 3.63) is 71.8 Å². The van der Waals surface area contributed by atoms with Crippen molar-refractivity contribution in [2.75, 3.05) is 0 Å². The molecule has 28 heavy (non-hydrogen) atoms. The van der Waals surface area contributed by atoms with Gasteiger partial charge in [0.1, 0.15) is 0 Å². The Balaban J connectivity index is 1.68. The van der Waals surface area contributed by atoms with Gasteiger partial charge in [0.05, 0.1) is 12.5 Å². The second-order valence-electron chi connectivity index (χ2n) is 7.29. The fourth-order valence-corrected chi connectivity index (χ4v) is 3.47. The lowest BCUT2D eigenvalue weighted by molar-refractivity contribution is -0.121. The van der Waals surface area contributed by atoms with Gasteiger partial charge < -0.3 is 5.32 Å². The molecule has 1 aliphatic carbocycles. The summed E-state index contributed by atoms with van der Waals surface area (Å²) in [5, 5.41) is 7.33. The van der Waals surface area contributed by atoms with Gasteiger partial charge in [-0.05, 0) is 42.9 Å². The number of hydrazone groups is 1. The second-order valence-corrected chi connectivity index (χ2v) is 7.29. The van der Waals surface area contributed by atoms with Gasteiger partial charge in [0, 0.05) is 11.3 Å². The van der Waals surface area contributed by atoms with Gasteiger partial charge >= 0.3 is 0 Å². The topological polar surface area (TPSA) is 70.6 Å². The molecule has 1 aliphatic rings. The number of nitrogens with one attached hydrogen (secondary N) is 2. The number of rotatable bonds is 6. The molecule has 0 aromatic heterocycles. The van der Waals surface area contributed by atoms with Crippen LogP contribution in [0.5, 0.6) is 0 Å². The molecule has 2 amide bonds. The van der Waals surface area contributed by atoms with E-state index in [2.05, 4.69) is 22.8 Å². The lowest BCUT2D eigenvalue weighted by atomic mass is 9.89. The van der Waals surface area contributed by atoms with Gasteiger partial charge in [-0.3, -0.25) is 9.59 Å². The van der Waals surface area contributed by atoms with E-state index >= 15 is 0 Å². The van der Waals surface area contributed by atoms with E-state index in [1.165, 1.54) is 6.42 Å². The Morgan fingerprint density at radius 3 is 2.39 bits per heavy atom. The highest BCUT2D eigenvalue weighted by Gasteiger charge is 2.20. The predicted octanol–water partition coefficient (Wildman–Crippen LogP) is 4.23. The summed E-state index contributed by atoms with van der Waals surface area (Å²) in [5.41, 5.74) is 5.21. The zero-order valence-electron chi connectivity index (χ0n) is 16.2. The molecule has 146 valence electrons. The third kappa shape index (κ3) is 5.52. The standard InChI is InChI=1S/C23H27N3O2/c1-17-10-8-9-15-20(17)25-26-22(27)16-21(18-11-4-2-5-12-18)24-23(28)19-13-6-3-7-14-19/h2-7,11-14,17,21H,8-10,15-16H2,1H3,(H,24,28)(H,26,27)/b25-20-. The molecule has 2 aromatic rings.